The van der Waals surface area contributed by atoms with Gasteiger partial charge in [-0.3, -0.25) is 14.5 Å². The van der Waals surface area contributed by atoms with Crippen LogP contribution in [0.5, 0.6) is 5.75 Å². The van der Waals surface area contributed by atoms with Gasteiger partial charge in [-0.25, -0.2) is 4.39 Å². The molecule has 4 atom stereocenters. The number of nitrogens with zero attached hydrogens (tertiary/aromatic N) is 1. The van der Waals surface area contributed by atoms with E-state index >= 15 is 0 Å². The maximum absolute atomic E-state index is 13.8. The molecule has 8 heteroatoms. The fraction of sp³-hybridized carbons (Fsp3) is 0.379. The van der Waals surface area contributed by atoms with E-state index in [0.29, 0.717) is 30.5 Å². The summed E-state index contributed by atoms with van der Waals surface area (Å²) in [5.41, 5.74) is 4.43. The van der Waals surface area contributed by atoms with Crippen LogP contribution in [-0.2, 0) is 14.2 Å². The fourth-order valence-electron chi connectivity index (χ4n) is 6.27. The Bertz CT molecular complexity index is 1280. The van der Waals surface area contributed by atoms with Gasteiger partial charge in [0.2, 0.25) is 11.8 Å². The number of phenols is 1. The molecule has 3 aliphatic rings. The van der Waals surface area contributed by atoms with Gasteiger partial charge in [0.15, 0.2) is 11.6 Å². The lowest BCUT2D eigenvalue weighted by Gasteiger charge is -2.42. The lowest BCUT2D eigenvalue weighted by atomic mass is 9.59. The second kappa shape index (κ2) is 10.3. The van der Waals surface area contributed by atoms with Gasteiger partial charge in [0.05, 0.1) is 23.6 Å². The highest BCUT2D eigenvalue weighted by Gasteiger charge is 2.57. The minimum atomic E-state index is -1.01. The number of fused-ring (bicyclic) bond motifs is 3. The molecule has 0 unspecified atom stereocenters. The number of allylic oxidation sites excluding steroid dienone is 2. The topological polar surface area (TPSA) is 87.1 Å². The zero-order valence-electron chi connectivity index (χ0n) is 21.1. The molecular formula is C29H31BFNO5. The maximum atomic E-state index is 13.8. The number of aromatic hydroxyl groups is 1. The SMILES string of the molecule is CC/C(=C\c1ccc(O)c(F)c1)CC[C@H]1OB(O)C[C@H]2C1=C(C)C[C@H]1C(=O)N(c3ccccc3)C(=O)[C@H]12. The highest BCUT2D eigenvalue weighted by Crippen LogP contribution is 2.51. The van der Waals surface area contributed by atoms with Crippen molar-refractivity contribution in [2.24, 2.45) is 17.8 Å². The van der Waals surface area contributed by atoms with Crippen molar-refractivity contribution < 1.29 is 28.8 Å². The van der Waals surface area contributed by atoms with Gasteiger partial charge < -0.3 is 14.8 Å². The molecule has 6 nitrogen and oxygen atoms in total. The van der Waals surface area contributed by atoms with Gasteiger partial charge in [-0.1, -0.05) is 48.4 Å². The third-order valence-electron chi connectivity index (χ3n) is 7.99. The number of para-hydroxylation sites is 1. The first kappa shape index (κ1) is 25.4. The Balaban J connectivity index is 1.38. The summed E-state index contributed by atoms with van der Waals surface area (Å²) < 4.78 is 19.8. The Labute approximate surface area is 216 Å². The zero-order valence-corrected chi connectivity index (χ0v) is 21.1. The van der Waals surface area contributed by atoms with E-state index in [4.69, 9.17) is 4.65 Å². The molecule has 2 aromatic carbocycles. The van der Waals surface area contributed by atoms with Gasteiger partial charge in [-0.05, 0) is 80.2 Å². The summed E-state index contributed by atoms with van der Waals surface area (Å²) in [6, 6.07) is 13.3. The molecule has 0 spiro atoms. The summed E-state index contributed by atoms with van der Waals surface area (Å²) in [5.74, 6) is -2.60. The smallest absolute Gasteiger partial charge is 0.455 e. The summed E-state index contributed by atoms with van der Waals surface area (Å²) in [5, 5.41) is 20.1. The van der Waals surface area contributed by atoms with Crippen molar-refractivity contribution in [3.05, 3.63) is 76.6 Å². The quantitative estimate of drug-likeness (QED) is 0.325. The van der Waals surface area contributed by atoms with Crippen molar-refractivity contribution in [3.63, 3.8) is 0 Å². The van der Waals surface area contributed by atoms with Gasteiger partial charge in [0.25, 0.3) is 0 Å². The highest BCUT2D eigenvalue weighted by atomic mass is 19.1. The summed E-state index contributed by atoms with van der Waals surface area (Å²) in [7, 11) is -1.01. The monoisotopic (exact) mass is 503 g/mol. The first-order valence-electron chi connectivity index (χ1n) is 12.9. The third-order valence-corrected chi connectivity index (χ3v) is 7.99. The van der Waals surface area contributed by atoms with E-state index in [1.54, 1.807) is 18.2 Å². The highest BCUT2D eigenvalue weighted by molar-refractivity contribution is 6.43. The van der Waals surface area contributed by atoms with Crippen molar-refractivity contribution >= 4 is 30.7 Å². The number of imide groups is 1. The van der Waals surface area contributed by atoms with E-state index in [2.05, 4.69) is 0 Å². The van der Waals surface area contributed by atoms with Crippen LogP contribution in [0.4, 0.5) is 10.1 Å². The van der Waals surface area contributed by atoms with Crippen LogP contribution in [0.3, 0.4) is 0 Å². The van der Waals surface area contributed by atoms with Crippen LogP contribution < -0.4 is 4.90 Å². The molecule has 0 radical (unpaired) electrons. The molecule has 0 aromatic heterocycles. The Morgan fingerprint density at radius 3 is 2.62 bits per heavy atom. The molecule has 2 aliphatic heterocycles. The van der Waals surface area contributed by atoms with Crippen LogP contribution in [-0.4, -0.2) is 35.2 Å². The predicted molar refractivity (Wildman–Crippen MR) is 140 cm³/mol. The molecular weight excluding hydrogens is 472 g/mol. The standard InChI is InChI=1S/C29H31BFNO5/c1-3-18(14-19-9-11-24(33)23(31)15-19)10-12-25-26-17(2)13-21-27(22(26)16-30(36)37-25)29(35)32(28(21)34)20-7-5-4-6-8-20/h4-9,11,14-15,21-22,25,27,33,36H,3,10,12-13,16H2,1-2H3/b18-14+/t21-,22+,25-,27-/m1/s1. The molecule has 5 rings (SSSR count). The number of amides is 2. The van der Waals surface area contributed by atoms with E-state index < -0.39 is 24.8 Å². The van der Waals surface area contributed by atoms with Gasteiger partial charge >= 0.3 is 7.12 Å². The maximum Gasteiger partial charge on any atom is 0.455 e. The van der Waals surface area contributed by atoms with Gasteiger partial charge in [-0.2, -0.15) is 0 Å². The van der Waals surface area contributed by atoms with Crippen molar-refractivity contribution in [1.82, 2.24) is 0 Å². The second-order valence-corrected chi connectivity index (χ2v) is 10.2. The molecule has 2 heterocycles. The van der Waals surface area contributed by atoms with E-state index in [-0.39, 0.29) is 35.9 Å². The first-order chi connectivity index (χ1) is 17.8. The van der Waals surface area contributed by atoms with Crippen molar-refractivity contribution in [3.8, 4) is 5.75 Å². The van der Waals surface area contributed by atoms with E-state index in [9.17, 15) is 24.1 Å². The predicted octanol–water partition coefficient (Wildman–Crippen LogP) is 5.13. The van der Waals surface area contributed by atoms with Crippen LogP contribution in [0.15, 0.2) is 65.3 Å². The number of phenolic OH excluding ortho intramolecular Hbond substituents is 1. The summed E-state index contributed by atoms with van der Waals surface area (Å²) in [6.07, 6.45) is 4.35. The number of halogens is 1. The molecule has 1 aliphatic carbocycles. The molecule has 0 saturated carbocycles. The Morgan fingerprint density at radius 2 is 1.92 bits per heavy atom. The summed E-state index contributed by atoms with van der Waals surface area (Å²) in [6.45, 7) is 4.03. The average Bonchev–Trinajstić information content (AvgIpc) is 3.13. The van der Waals surface area contributed by atoms with E-state index in [0.717, 1.165) is 23.1 Å². The summed E-state index contributed by atoms with van der Waals surface area (Å²) >= 11 is 0. The third kappa shape index (κ3) is 4.76. The van der Waals surface area contributed by atoms with Crippen molar-refractivity contribution in [2.75, 3.05) is 4.90 Å². The Morgan fingerprint density at radius 1 is 1.16 bits per heavy atom. The number of anilines is 1. The number of benzene rings is 2. The number of carbonyl (C=O) groups is 2. The second-order valence-electron chi connectivity index (χ2n) is 10.2. The van der Waals surface area contributed by atoms with Crippen LogP contribution in [0.2, 0.25) is 6.32 Å². The largest absolute Gasteiger partial charge is 0.505 e. The molecule has 0 bridgehead atoms. The van der Waals surface area contributed by atoms with E-state index in [1.165, 1.54) is 17.0 Å². The molecule has 2 fully saturated rings. The fourth-order valence-corrected chi connectivity index (χ4v) is 6.27. The van der Waals surface area contributed by atoms with E-state index in [1.807, 2.05) is 38.1 Å². The number of hydrogen-bond donors (Lipinski definition) is 2. The van der Waals surface area contributed by atoms with Crippen LogP contribution in [0.25, 0.3) is 6.08 Å². The average molecular weight is 503 g/mol. The van der Waals surface area contributed by atoms with Crippen LogP contribution in [0.1, 0.15) is 45.1 Å². The molecule has 2 saturated heterocycles. The van der Waals surface area contributed by atoms with Crippen molar-refractivity contribution in [2.45, 2.75) is 52.0 Å². The first-order valence-corrected chi connectivity index (χ1v) is 12.9. The minimum Gasteiger partial charge on any atom is -0.505 e. The normalized spacial score (nSPS) is 26.0. The molecule has 192 valence electrons. The number of rotatable bonds is 6. The van der Waals surface area contributed by atoms with Gasteiger partial charge in [0, 0.05) is 0 Å². The lowest BCUT2D eigenvalue weighted by Crippen LogP contribution is -2.46. The Hall–Kier alpha value is -3.23. The number of hydrogen-bond acceptors (Lipinski definition) is 5. The van der Waals surface area contributed by atoms with Gasteiger partial charge in [0.1, 0.15) is 0 Å². The van der Waals surface area contributed by atoms with Crippen molar-refractivity contribution in [1.29, 1.82) is 0 Å². The molecule has 2 aromatic rings. The molecule has 2 amide bonds. The number of carbonyl (C=O) groups excluding carboxylic acids is 2. The lowest BCUT2D eigenvalue weighted by molar-refractivity contribution is -0.122. The summed E-state index contributed by atoms with van der Waals surface area (Å²) in [4.78, 5) is 28.3. The van der Waals surface area contributed by atoms with Crippen LogP contribution >= 0.6 is 0 Å². The Kier molecular flexibility index (Phi) is 7.05. The zero-order chi connectivity index (χ0) is 26.3. The molecule has 2 N–H and O–H groups in total. The van der Waals surface area contributed by atoms with Crippen LogP contribution in [0, 0.1) is 23.6 Å². The minimum absolute atomic E-state index is 0.172. The van der Waals surface area contributed by atoms with Gasteiger partial charge in [-0.15, -0.1) is 0 Å². The molecule has 37 heavy (non-hydrogen) atoms.